The molecule has 7 heavy (non-hydrogen) atoms. The molecule has 0 saturated carbocycles. The van der Waals surface area contributed by atoms with E-state index in [1.807, 2.05) is 0 Å². The maximum atomic E-state index is 10.0. The van der Waals surface area contributed by atoms with Crippen LogP contribution in [0.2, 0.25) is 0 Å². The maximum Gasteiger partial charge on any atom is 1.00 e. The van der Waals surface area contributed by atoms with Crippen molar-refractivity contribution in [3.05, 3.63) is 0 Å². The molecule has 0 saturated heterocycles. The molecule has 0 aliphatic heterocycles. The first-order valence-corrected chi connectivity index (χ1v) is 2.36. The van der Waals surface area contributed by atoms with Crippen molar-refractivity contribution >= 4 is 9.23 Å². The molecule has 0 aliphatic rings. The summed E-state index contributed by atoms with van der Waals surface area (Å²) >= 11 is 0. The van der Waals surface area contributed by atoms with Crippen molar-refractivity contribution in [2.75, 3.05) is 0 Å². The fraction of sp³-hybridized carbons (Fsp3) is 0. The molecule has 2 nitrogen and oxygen atoms in total. The largest absolute Gasteiger partial charge is 1.00 e. The molecule has 0 bridgehead atoms. The van der Waals surface area contributed by atoms with Crippen LogP contribution in [0.1, 0.15) is 0 Å². The Kier molecular flexibility index (Phi) is 17.6. The fourth-order valence-corrected chi connectivity index (χ4v) is 0. The molecule has 32 valence electrons. The third-order valence-electron chi connectivity index (χ3n) is 0. The summed E-state index contributed by atoms with van der Waals surface area (Å²) < 4.78 is 20.1. The molecular formula is F2K2O2Si. The van der Waals surface area contributed by atoms with Crippen LogP contribution in [0.4, 0.5) is 8.22 Å². The van der Waals surface area contributed by atoms with Gasteiger partial charge >= 0.3 is 103 Å². The molecule has 0 rings (SSSR count). The number of hydrogen-bond acceptors (Lipinski definition) is 2. The summed E-state index contributed by atoms with van der Waals surface area (Å²) in [4.78, 5) is 16.7. The van der Waals surface area contributed by atoms with Gasteiger partial charge in [-0.25, -0.2) is 0 Å². The molecule has 0 atom stereocenters. The average Bonchev–Trinajstić information content (AvgIpc) is 0.722. The van der Waals surface area contributed by atoms with E-state index in [1.54, 1.807) is 0 Å². The third-order valence-corrected chi connectivity index (χ3v) is 0. The van der Waals surface area contributed by atoms with Crippen molar-refractivity contribution in [2.24, 2.45) is 0 Å². The number of halogens is 2. The van der Waals surface area contributed by atoms with Crippen molar-refractivity contribution in [1.29, 1.82) is 0 Å². The summed E-state index contributed by atoms with van der Waals surface area (Å²) in [5.74, 6) is 0. The first-order valence-electron chi connectivity index (χ1n) is 0.786. The molecule has 0 unspecified atom stereocenters. The van der Waals surface area contributed by atoms with Crippen molar-refractivity contribution in [3.63, 3.8) is 0 Å². The fourth-order valence-electron chi connectivity index (χ4n) is 0. The second-order valence-electron chi connectivity index (χ2n) is 0.463. The molecular weight excluding hydrogens is 176 g/mol. The van der Waals surface area contributed by atoms with Crippen molar-refractivity contribution < 1.29 is 121 Å². The van der Waals surface area contributed by atoms with E-state index in [4.69, 9.17) is 9.59 Å². The SMILES string of the molecule is [K+].[K+].[O-][Si]([O-])(F)F. The van der Waals surface area contributed by atoms with Gasteiger partial charge in [0.05, 0.1) is 0 Å². The van der Waals surface area contributed by atoms with E-state index in [-0.39, 0.29) is 103 Å². The van der Waals surface area contributed by atoms with E-state index in [2.05, 4.69) is 0 Å². The van der Waals surface area contributed by atoms with Gasteiger partial charge in [0.1, 0.15) is 0 Å². The van der Waals surface area contributed by atoms with Crippen LogP contribution in [0.3, 0.4) is 0 Å². The minimum atomic E-state index is -6.11. The van der Waals surface area contributed by atoms with Crippen molar-refractivity contribution in [1.82, 2.24) is 0 Å². The quantitative estimate of drug-likeness (QED) is 0.272. The molecule has 0 aromatic carbocycles. The molecule has 0 heterocycles. The summed E-state index contributed by atoms with van der Waals surface area (Å²) in [5, 5.41) is 0. The molecule has 0 fully saturated rings. The van der Waals surface area contributed by atoms with Crippen LogP contribution in [0.25, 0.3) is 0 Å². The van der Waals surface area contributed by atoms with Gasteiger partial charge in [-0.05, 0) is 0 Å². The Labute approximate surface area is 126 Å². The second kappa shape index (κ2) is 7.38. The Morgan fingerprint density at radius 3 is 1.00 bits per heavy atom. The second-order valence-corrected chi connectivity index (χ2v) is 1.39. The summed E-state index contributed by atoms with van der Waals surface area (Å²) in [6.07, 6.45) is 0. The molecule has 0 spiro atoms. The first-order chi connectivity index (χ1) is 2.00. The van der Waals surface area contributed by atoms with Crippen LogP contribution in [-0.2, 0) is 0 Å². The van der Waals surface area contributed by atoms with Gasteiger partial charge in [-0.2, -0.15) is 0 Å². The zero-order chi connectivity index (χ0) is 4.50. The van der Waals surface area contributed by atoms with Gasteiger partial charge in [0.25, 0.3) is 9.23 Å². The smallest absolute Gasteiger partial charge is 0.821 e. The molecule has 0 radical (unpaired) electrons. The average molecular weight is 176 g/mol. The van der Waals surface area contributed by atoms with Crippen molar-refractivity contribution in [2.45, 2.75) is 0 Å². The number of hydrogen-bond donors (Lipinski definition) is 0. The zero-order valence-electron chi connectivity index (χ0n) is 4.07. The Balaban J connectivity index is -0.0000000800. The van der Waals surface area contributed by atoms with Gasteiger partial charge in [-0.3, -0.25) is 0 Å². The Morgan fingerprint density at radius 2 is 1.00 bits per heavy atom. The minimum Gasteiger partial charge on any atom is -0.821 e. The topological polar surface area (TPSA) is 46.1 Å². The molecule has 0 aromatic heterocycles. The van der Waals surface area contributed by atoms with Gasteiger partial charge < -0.3 is 17.8 Å². The van der Waals surface area contributed by atoms with E-state index in [1.165, 1.54) is 0 Å². The summed E-state index contributed by atoms with van der Waals surface area (Å²) in [5.41, 5.74) is 0. The summed E-state index contributed by atoms with van der Waals surface area (Å²) in [7, 11) is -6.11. The normalized spacial score (nSPS) is 8.57. The van der Waals surface area contributed by atoms with E-state index in [9.17, 15) is 8.22 Å². The van der Waals surface area contributed by atoms with Gasteiger partial charge in [0.2, 0.25) is 0 Å². The standard InChI is InChI=1S/F2O2Si.2K/c1-5(2,3)4;;/q-2;2*+1. The van der Waals surface area contributed by atoms with Gasteiger partial charge in [0.15, 0.2) is 0 Å². The Hall–Kier alpha value is 3.27. The molecule has 0 aromatic rings. The summed E-state index contributed by atoms with van der Waals surface area (Å²) in [6, 6.07) is 0. The van der Waals surface area contributed by atoms with Crippen LogP contribution in [0, 0.1) is 0 Å². The van der Waals surface area contributed by atoms with Gasteiger partial charge in [-0.15, -0.1) is 0 Å². The van der Waals surface area contributed by atoms with E-state index in [0.29, 0.717) is 0 Å². The minimum absolute atomic E-state index is 0. The zero-order valence-corrected chi connectivity index (χ0v) is 11.3. The van der Waals surface area contributed by atoms with Gasteiger partial charge in [-0.1, -0.05) is 0 Å². The molecule has 0 N–H and O–H groups in total. The van der Waals surface area contributed by atoms with Crippen LogP contribution < -0.4 is 112 Å². The van der Waals surface area contributed by atoms with Crippen LogP contribution in [0.5, 0.6) is 0 Å². The number of rotatable bonds is 0. The predicted molar refractivity (Wildman–Crippen MR) is 7.97 cm³/mol. The molecule has 0 amide bonds. The van der Waals surface area contributed by atoms with Crippen LogP contribution in [0.15, 0.2) is 0 Å². The molecule has 7 heteroatoms. The Morgan fingerprint density at radius 1 is 1.00 bits per heavy atom. The monoisotopic (exact) mass is 176 g/mol. The summed E-state index contributed by atoms with van der Waals surface area (Å²) in [6.45, 7) is 0. The predicted octanol–water partition coefficient (Wildman–Crippen LogP) is -7.91. The third kappa shape index (κ3) is 45.8. The first kappa shape index (κ1) is 16.7. The van der Waals surface area contributed by atoms with Crippen LogP contribution >= 0.6 is 0 Å². The molecule has 0 aliphatic carbocycles. The van der Waals surface area contributed by atoms with Crippen LogP contribution in [-0.4, -0.2) is 9.23 Å². The van der Waals surface area contributed by atoms with E-state index < -0.39 is 9.23 Å². The van der Waals surface area contributed by atoms with E-state index in [0.717, 1.165) is 0 Å². The van der Waals surface area contributed by atoms with E-state index >= 15 is 0 Å². The van der Waals surface area contributed by atoms with Crippen molar-refractivity contribution in [3.8, 4) is 0 Å². The Bertz CT molecular complexity index is 29.2. The van der Waals surface area contributed by atoms with Gasteiger partial charge in [0, 0.05) is 0 Å². The maximum absolute atomic E-state index is 10.0.